The maximum Gasteiger partial charge on any atom is 0.146 e. The summed E-state index contributed by atoms with van der Waals surface area (Å²) in [7, 11) is 0. The molecule has 0 amide bonds. The lowest BCUT2D eigenvalue weighted by atomic mass is 9.97. The Morgan fingerprint density at radius 3 is 2.30 bits per heavy atom. The summed E-state index contributed by atoms with van der Waals surface area (Å²) < 4.78 is 0. The van der Waals surface area contributed by atoms with Crippen molar-refractivity contribution in [1.82, 2.24) is 0 Å². The summed E-state index contributed by atoms with van der Waals surface area (Å²) in [6.07, 6.45) is 1.05. The molecule has 2 nitrogen and oxygen atoms in total. The average Bonchev–Trinajstić information content (AvgIpc) is 1.88. The molecule has 0 saturated heterocycles. The zero-order valence-corrected chi connectivity index (χ0v) is 6.39. The fourth-order valence-corrected chi connectivity index (χ4v) is 0.687. The van der Waals surface area contributed by atoms with Crippen LogP contribution in [0.4, 0.5) is 0 Å². The predicted molar refractivity (Wildman–Crippen MR) is 39.7 cm³/mol. The van der Waals surface area contributed by atoms with Crippen molar-refractivity contribution in [3.63, 3.8) is 0 Å². The van der Waals surface area contributed by atoms with Gasteiger partial charge in [0.15, 0.2) is 0 Å². The van der Waals surface area contributed by atoms with Gasteiger partial charge in [0, 0.05) is 6.42 Å². The topological polar surface area (TPSA) is 34.1 Å². The Hall–Kier alpha value is -0.920. The number of ketones is 1. The van der Waals surface area contributed by atoms with E-state index in [2.05, 4.69) is 6.58 Å². The van der Waals surface area contributed by atoms with Gasteiger partial charge in [-0.15, -0.1) is 0 Å². The van der Waals surface area contributed by atoms with Crippen molar-refractivity contribution in [2.24, 2.45) is 5.92 Å². The van der Waals surface area contributed by atoms with Crippen molar-refractivity contribution in [2.45, 2.75) is 20.3 Å². The zero-order valence-electron chi connectivity index (χ0n) is 6.39. The lowest BCUT2D eigenvalue weighted by Gasteiger charge is -2.04. The minimum atomic E-state index is -0.579. The second-order valence-corrected chi connectivity index (χ2v) is 2.28. The Kier molecular flexibility index (Phi) is 3.62. The fraction of sp³-hybridized carbons (Fsp3) is 0.500. The highest BCUT2D eigenvalue weighted by atomic mass is 16.1. The Morgan fingerprint density at radius 2 is 2.20 bits per heavy atom. The smallest absolute Gasteiger partial charge is 0.146 e. The van der Waals surface area contributed by atoms with E-state index in [0.717, 1.165) is 0 Å². The maximum atomic E-state index is 10.9. The van der Waals surface area contributed by atoms with Crippen molar-refractivity contribution in [3.05, 3.63) is 12.2 Å². The van der Waals surface area contributed by atoms with Crippen molar-refractivity contribution in [3.8, 4) is 0 Å². The van der Waals surface area contributed by atoms with Gasteiger partial charge in [-0.2, -0.15) is 0 Å². The first-order valence-corrected chi connectivity index (χ1v) is 3.26. The molecule has 0 aliphatic rings. The third-order valence-electron chi connectivity index (χ3n) is 1.36. The van der Waals surface area contributed by atoms with Gasteiger partial charge in [-0.1, -0.05) is 19.1 Å². The van der Waals surface area contributed by atoms with Gasteiger partial charge in [0.05, 0.1) is 5.92 Å². The molecule has 0 aromatic carbocycles. The van der Waals surface area contributed by atoms with E-state index in [1.54, 1.807) is 13.8 Å². The molecule has 0 aliphatic carbocycles. The van der Waals surface area contributed by atoms with E-state index >= 15 is 0 Å². The lowest BCUT2D eigenvalue weighted by Crippen LogP contribution is -2.15. The van der Waals surface area contributed by atoms with Gasteiger partial charge < -0.3 is 4.79 Å². The number of carbonyl (C=O) groups excluding carboxylic acids is 2. The highest BCUT2D eigenvalue weighted by Crippen LogP contribution is 2.07. The zero-order chi connectivity index (χ0) is 8.15. The van der Waals surface area contributed by atoms with Crippen molar-refractivity contribution < 1.29 is 9.59 Å². The maximum absolute atomic E-state index is 10.9. The Morgan fingerprint density at radius 1 is 1.70 bits per heavy atom. The largest absolute Gasteiger partial charge is 0.302 e. The standard InChI is InChI=1S/C8H12O2/c1-4-8(10)7(5-9)6(2)3/h5,7H,2,4H2,1,3H3. The molecule has 0 spiro atoms. The van der Waals surface area contributed by atoms with Gasteiger partial charge in [0.1, 0.15) is 12.1 Å². The Bertz CT molecular complexity index is 159. The molecule has 0 N–H and O–H groups in total. The molecule has 0 bridgehead atoms. The van der Waals surface area contributed by atoms with E-state index in [1.165, 1.54) is 0 Å². The molecule has 0 aromatic heterocycles. The molecule has 1 atom stereocenters. The van der Waals surface area contributed by atoms with Gasteiger partial charge in [0.2, 0.25) is 0 Å². The van der Waals surface area contributed by atoms with E-state index in [4.69, 9.17) is 0 Å². The molecule has 0 radical (unpaired) electrons. The van der Waals surface area contributed by atoms with Gasteiger partial charge >= 0.3 is 0 Å². The average molecular weight is 140 g/mol. The third kappa shape index (κ3) is 2.13. The van der Waals surface area contributed by atoms with Crippen LogP contribution in [-0.2, 0) is 9.59 Å². The highest BCUT2D eigenvalue weighted by Gasteiger charge is 2.15. The minimum absolute atomic E-state index is 0.0532. The summed E-state index contributed by atoms with van der Waals surface area (Å²) in [6.45, 7) is 6.97. The minimum Gasteiger partial charge on any atom is -0.302 e. The molecule has 2 heteroatoms. The molecule has 0 aliphatic heterocycles. The van der Waals surface area contributed by atoms with Crippen LogP contribution in [0.25, 0.3) is 0 Å². The van der Waals surface area contributed by atoms with E-state index in [0.29, 0.717) is 18.3 Å². The summed E-state index contributed by atoms with van der Waals surface area (Å²) in [5.41, 5.74) is 0.627. The Labute approximate surface area is 60.9 Å². The lowest BCUT2D eigenvalue weighted by molar-refractivity contribution is -0.125. The van der Waals surface area contributed by atoms with Crippen LogP contribution in [0.1, 0.15) is 20.3 Å². The molecule has 0 fully saturated rings. The summed E-state index contributed by atoms with van der Waals surface area (Å²) in [5, 5.41) is 0. The number of carbonyl (C=O) groups is 2. The summed E-state index contributed by atoms with van der Waals surface area (Å²) in [4.78, 5) is 21.2. The molecule has 1 unspecified atom stereocenters. The first kappa shape index (κ1) is 9.08. The molecular weight excluding hydrogens is 128 g/mol. The first-order valence-electron chi connectivity index (χ1n) is 3.26. The van der Waals surface area contributed by atoms with Crippen LogP contribution < -0.4 is 0 Å². The summed E-state index contributed by atoms with van der Waals surface area (Å²) in [6, 6.07) is 0. The van der Waals surface area contributed by atoms with Crippen LogP contribution >= 0.6 is 0 Å². The van der Waals surface area contributed by atoms with Crippen LogP contribution in [0.5, 0.6) is 0 Å². The van der Waals surface area contributed by atoms with Gasteiger partial charge in [-0.05, 0) is 6.92 Å². The van der Waals surface area contributed by atoms with E-state index < -0.39 is 5.92 Å². The number of aldehydes is 1. The second kappa shape index (κ2) is 3.99. The van der Waals surface area contributed by atoms with Crippen molar-refractivity contribution in [2.75, 3.05) is 0 Å². The van der Waals surface area contributed by atoms with Crippen LogP contribution in [0, 0.1) is 5.92 Å². The highest BCUT2D eigenvalue weighted by molar-refractivity contribution is 5.95. The molecule has 56 valence electrons. The fourth-order valence-electron chi connectivity index (χ4n) is 0.687. The van der Waals surface area contributed by atoms with Crippen LogP contribution in [0.3, 0.4) is 0 Å². The van der Waals surface area contributed by atoms with Crippen LogP contribution in [-0.4, -0.2) is 12.1 Å². The molecule has 0 saturated carbocycles. The van der Waals surface area contributed by atoms with Crippen LogP contribution in [0.2, 0.25) is 0 Å². The summed E-state index contributed by atoms with van der Waals surface area (Å²) in [5.74, 6) is -0.632. The monoisotopic (exact) mass is 140 g/mol. The normalized spacial score (nSPS) is 12.2. The SMILES string of the molecule is C=C(C)C(C=O)C(=O)CC. The Balaban J connectivity index is 4.20. The number of rotatable bonds is 4. The van der Waals surface area contributed by atoms with E-state index in [9.17, 15) is 9.59 Å². The first-order chi connectivity index (χ1) is 4.63. The number of Topliss-reactive ketones (excluding diaryl/α,β-unsaturated/α-hetero) is 1. The number of allylic oxidation sites excluding steroid dienone is 1. The van der Waals surface area contributed by atoms with Crippen molar-refractivity contribution >= 4 is 12.1 Å². The van der Waals surface area contributed by atoms with E-state index in [1.807, 2.05) is 0 Å². The van der Waals surface area contributed by atoms with Crippen LogP contribution in [0.15, 0.2) is 12.2 Å². The summed E-state index contributed by atoms with van der Waals surface area (Å²) >= 11 is 0. The number of hydrogen-bond donors (Lipinski definition) is 0. The molecule has 0 heterocycles. The molecule has 0 rings (SSSR count). The quantitative estimate of drug-likeness (QED) is 0.335. The van der Waals surface area contributed by atoms with Crippen molar-refractivity contribution in [1.29, 1.82) is 0 Å². The third-order valence-corrected chi connectivity index (χ3v) is 1.36. The molecule has 10 heavy (non-hydrogen) atoms. The van der Waals surface area contributed by atoms with Gasteiger partial charge in [-0.3, -0.25) is 4.79 Å². The molecular formula is C8H12O2. The number of hydrogen-bond acceptors (Lipinski definition) is 2. The predicted octanol–water partition coefficient (Wildman–Crippen LogP) is 1.36. The molecule has 0 aromatic rings. The van der Waals surface area contributed by atoms with Gasteiger partial charge in [0.25, 0.3) is 0 Å². The second-order valence-electron chi connectivity index (χ2n) is 2.28. The van der Waals surface area contributed by atoms with Gasteiger partial charge in [-0.25, -0.2) is 0 Å². The van der Waals surface area contributed by atoms with E-state index in [-0.39, 0.29) is 5.78 Å².